The van der Waals surface area contributed by atoms with E-state index in [2.05, 4.69) is 30.2 Å². The van der Waals surface area contributed by atoms with E-state index in [1.54, 1.807) is 0 Å². The third kappa shape index (κ3) is 5.34. The number of aromatic amines is 1. The molecule has 0 aliphatic heterocycles. The smallest absolute Gasteiger partial charge is 0.468 e. The number of fused-ring (bicyclic) bond motifs is 1. The highest BCUT2D eigenvalue weighted by Crippen LogP contribution is 2.32. The molecule has 35 heavy (non-hydrogen) atoms. The summed E-state index contributed by atoms with van der Waals surface area (Å²) in [5, 5.41) is 8.33. The first-order chi connectivity index (χ1) is 16.6. The Kier molecular flexibility index (Phi) is 6.32. The number of anilines is 2. The predicted molar refractivity (Wildman–Crippen MR) is 117 cm³/mol. The lowest BCUT2D eigenvalue weighted by Crippen LogP contribution is -2.17. The second kappa shape index (κ2) is 9.37. The Morgan fingerprint density at radius 1 is 1.09 bits per heavy atom. The SMILES string of the molecule is COC(=O)CNc1c(-c2ccc(OC(F)(F)F)cc2)nc2c(C(=O)Nc3ccc(F)cc3)c[nH]n12. The van der Waals surface area contributed by atoms with Crippen LogP contribution >= 0.6 is 0 Å². The highest BCUT2D eigenvalue weighted by Gasteiger charge is 2.31. The molecular weight excluding hydrogens is 474 g/mol. The number of amides is 1. The number of hydrogen-bond acceptors (Lipinski definition) is 6. The number of halogens is 4. The van der Waals surface area contributed by atoms with Crippen LogP contribution in [0, 0.1) is 5.82 Å². The first-order valence-corrected chi connectivity index (χ1v) is 9.98. The molecule has 2 aromatic carbocycles. The van der Waals surface area contributed by atoms with Gasteiger partial charge in [-0.2, -0.15) is 0 Å². The average molecular weight is 491 g/mol. The summed E-state index contributed by atoms with van der Waals surface area (Å²) in [5.41, 5.74) is 1.28. The number of esters is 1. The standard InChI is InChI=1S/C22H17F4N5O4/c1-34-17(32)11-27-20-18(12-2-8-15(9-3-12)35-22(24,25)26)30-19-16(10-28-31(19)20)21(33)29-14-6-4-13(23)5-7-14/h2-10,27-28H,11H2,1H3,(H,29,33). The fourth-order valence-corrected chi connectivity index (χ4v) is 3.23. The number of H-pyrrole nitrogens is 1. The molecule has 1 amide bonds. The van der Waals surface area contributed by atoms with Gasteiger partial charge in [0, 0.05) is 17.4 Å². The molecule has 4 rings (SSSR count). The van der Waals surface area contributed by atoms with Crippen molar-refractivity contribution in [2.75, 3.05) is 24.3 Å². The summed E-state index contributed by atoms with van der Waals surface area (Å²) in [6.07, 6.45) is -3.46. The first kappa shape index (κ1) is 23.6. The number of nitrogens with zero attached hydrogens (tertiary/aromatic N) is 2. The minimum absolute atomic E-state index is 0.124. The zero-order valence-electron chi connectivity index (χ0n) is 17.9. The van der Waals surface area contributed by atoms with Crippen molar-refractivity contribution in [3.05, 3.63) is 66.1 Å². The van der Waals surface area contributed by atoms with Crippen molar-refractivity contribution in [3.63, 3.8) is 0 Å². The number of nitrogens with one attached hydrogen (secondary N) is 3. The van der Waals surface area contributed by atoms with Gasteiger partial charge in [-0.3, -0.25) is 14.7 Å². The first-order valence-electron chi connectivity index (χ1n) is 9.98. The van der Waals surface area contributed by atoms with Crippen molar-refractivity contribution >= 4 is 29.0 Å². The van der Waals surface area contributed by atoms with Gasteiger partial charge in [-0.1, -0.05) is 0 Å². The van der Waals surface area contributed by atoms with Gasteiger partial charge in [0.15, 0.2) is 11.5 Å². The molecule has 2 heterocycles. The van der Waals surface area contributed by atoms with Crippen molar-refractivity contribution in [2.45, 2.75) is 6.36 Å². The van der Waals surface area contributed by atoms with Gasteiger partial charge in [0.2, 0.25) is 0 Å². The van der Waals surface area contributed by atoms with Crippen LogP contribution in [0.4, 0.5) is 29.1 Å². The molecule has 0 saturated carbocycles. The molecule has 9 nitrogen and oxygen atoms in total. The zero-order valence-corrected chi connectivity index (χ0v) is 17.9. The van der Waals surface area contributed by atoms with Crippen LogP contribution in [0.2, 0.25) is 0 Å². The quantitative estimate of drug-likeness (QED) is 0.264. The summed E-state index contributed by atoms with van der Waals surface area (Å²) in [4.78, 5) is 29.0. The molecule has 0 radical (unpaired) electrons. The number of rotatable bonds is 7. The van der Waals surface area contributed by atoms with Crippen LogP contribution in [-0.4, -0.2) is 46.5 Å². The fourth-order valence-electron chi connectivity index (χ4n) is 3.23. The van der Waals surface area contributed by atoms with E-state index in [1.165, 1.54) is 54.2 Å². The Balaban J connectivity index is 1.70. The van der Waals surface area contributed by atoms with E-state index < -0.39 is 29.8 Å². The monoisotopic (exact) mass is 491 g/mol. The zero-order chi connectivity index (χ0) is 25.2. The Bertz CT molecular complexity index is 1360. The number of methoxy groups -OCH3 is 1. The highest BCUT2D eigenvalue weighted by atomic mass is 19.4. The van der Waals surface area contributed by atoms with Gasteiger partial charge in [0.1, 0.15) is 29.4 Å². The van der Waals surface area contributed by atoms with Gasteiger partial charge in [-0.25, -0.2) is 13.9 Å². The molecule has 0 saturated heterocycles. The van der Waals surface area contributed by atoms with Gasteiger partial charge in [0.25, 0.3) is 5.91 Å². The van der Waals surface area contributed by atoms with E-state index in [-0.39, 0.29) is 29.3 Å². The van der Waals surface area contributed by atoms with Crippen LogP contribution < -0.4 is 15.4 Å². The molecule has 4 aromatic rings. The molecule has 3 N–H and O–H groups in total. The van der Waals surface area contributed by atoms with Gasteiger partial charge >= 0.3 is 12.3 Å². The summed E-state index contributed by atoms with van der Waals surface area (Å²) in [5.74, 6) is -1.75. The second-order valence-corrected chi connectivity index (χ2v) is 7.12. The summed E-state index contributed by atoms with van der Waals surface area (Å²) in [6, 6.07) is 10.1. The molecule has 0 fully saturated rings. The maximum Gasteiger partial charge on any atom is 0.573 e. The molecule has 0 bridgehead atoms. The van der Waals surface area contributed by atoms with Gasteiger partial charge < -0.3 is 20.1 Å². The Morgan fingerprint density at radius 3 is 2.40 bits per heavy atom. The largest absolute Gasteiger partial charge is 0.573 e. The molecule has 13 heteroatoms. The van der Waals surface area contributed by atoms with E-state index >= 15 is 0 Å². The maximum atomic E-state index is 13.1. The summed E-state index contributed by atoms with van der Waals surface area (Å²) in [7, 11) is 1.21. The lowest BCUT2D eigenvalue weighted by Gasteiger charge is -2.10. The van der Waals surface area contributed by atoms with Crippen LogP contribution in [0.25, 0.3) is 16.9 Å². The van der Waals surface area contributed by atoms with E-state index in [9.17, 15) is 27.2 Å². The number of benzene rings is 2. The number of carbonyl (C=O) groups excluding carboxylic acids is 2. The molecule has 0 atom stereocenters. The van der Waals surface area contributed by atoms with E-state index in [1.807, 2.05) is 0 Å². The fraction of sp³-hybridized carbons (Fsp3) is 0.136. The molecule has 0 aliphatic carbocycles. The minimum Gasteiger partial charge on any atom is -0.468 e. The van der Waals surface area contributed by atoms with Gasteiger partial charge in [0.05, 0.1) is 7.11 Å². The third-order valence-electron chi connectivity index (χ3n) is 4.79. The summed E-state index contributed by atoms with van der Waals surface area (Å²) < 4.78 is 60.5. The molecule has 0 aliphatic rings. The number of ether oxygens (including phenoxy) is 2. The molecule has 182 valence electrons. The van der Waals surface area contributed by atoms with Crippen LogP contribution in [0.3, 0.4) is 0 Å². The second-order valence-electron chi connectivity index (χ2n) is 7.12. The van der Waals surface area contributed by atoms with Gasteiger partial charge in [-0.15, -0.1) is 13.2 Å². The van der Waals surface area contributed by atoms with Crippen LogP contribution in [0.5, 0.6) is 5.75 Å². The number of alkyl halides is 3. The van der Waals surface area contributed by atoms with Crippen molar-refractivity contribution in [3.8, 4) is 17.0 Å². The minimum atomic E-state index is -4.84. The average Bonchev–Trinajstić information content (AvgIpc) is 3.38. The van der Waals surface area contributed by atoms with Crippen molar-refractivity contribution in [1.29, 1.82) is 0 Å². The highest BCUT2D eigenvalue weighted by molar-refractivity contribution is 6.08. The molecule has 0 unspecified atom stereocenters. The predicted octanol–water partition coefficient (Wildman–Crippen LogP) is 4.20. The van der Waals surface area contributed by atoms with Crippen molar-refractivity contribution < 1.29 is 36.6 Å². The normalized spacial score (nSPS) is 11.3. The number of aromatic nitrogens is 3. The summed E-state index contributed by atoms with van der Waals surface area (Å²) in [6.45, 7) is -0.247. The topological polar surface area (TPSA) is 110 Å². The van der Waals surface area contributed by atoms with Crippen LogP contribution in [0.15, 0.2) is 54.7 Å². The lowest BCUT2D eigenvalue weighted by molar-refractivity contribution is -0.274. The molecule has 0 spiro atoms. The van der Waals surface area contributed by atoms with Crippen LogP contribution in [0.1, 0.15) is 10.4 Å². The molecular formula is C22H17F4N5O4. The van der Waals surface area contributed by atoms with Gasteiger partial charge in [-0.05, 0) is 48.5 Å². The van der Waals surface area contributed by atoms with E-state index in [0.29, 0.717) is 11.3 Å². The van der Waals surface area contributed by atoms with Crippen molar-refractivity contribution in [1.82, 2.24) is 14.6 Å². The Morgan fingerprint density at radius 2 is 1.77 bits per heavy atom. The number of carbonyl (C=O) groups is 2. The van der Waals surface area contributed by atoms with Crippen LogP contribution in [-0.2, 0) is 9.53 Å². The molecule has 2 aromatic heterocycles. The third-order valence-corrected chi connectivity index (χ3v) is 4.79. The van der Waals surface area contributed by atoms with Crippen molar-refractivity contribution in [2.24, 2.45) is 0 Å². The number of imidazole rings is 1. The Hall–Kier alpha value is -4.55. The Labute approximate surface area is 194 Å². The van der Waals surface area contributed by atoms with E-state index in [4.69, 9.17) is 0 Å². The lowest BCUT2D eigenvalue weighted by atomic mass is 10.1. The van der Waals surface area contributed by atoms with E-state index in [0.717, 1.165) is 12.1 Å². The summed E-state index contributed by atoms with van der Waals surface area (Å²) >= 11 is 0. The number of hydrogen-bond donors (Lipinski definition) is 3. The maximum absolute atomic E-state index is 13.1.